The van der Waals surface area contributed by atoms with Gasteiger partial charge in [0.15, 0.2) is 0 Å². The number of nitrogens with zero attached hydrogens (tertiary/aromatic N) is 1. The van der Waals surface area contributed by atoms with E-state index in [4.69, 9.17) is 4.98 Å². The molecule has 1 atom stereocenters. The fourth-order valence-electron chi connectivity index (χ4n) is 2.99. The normalized spacial score (nSPS) is 13.0. The summed E-state index contributed by atoms with van der Waals surface area (Å²) < 4.78 is 0. The molecule has 0 fully saturated rings. The van der Waals surface area contributed by atoms with Crippen LogP contribution < -0.4 is 5.32 Å². The molecule has 0 spiro atoms. The molecule has 1 unspecified atom stereocenters. The molecule has 114 valence electrons. The Hall–Kier alpha value is -1.41. The van der Waals surface area contributed by atoms with Crippen LogP contribution >= 0.6 is 0 Å². The predicted molar refractivity (Wildman–Crippen MR) is 91.5 cm³/mol. The van der Waals surface area contributed by atoms with Crippen LogP contribution in [-0.4, -0.2) is 11.5 Å². The van der Waals surface area contributed by atoms with Crippen molar-refractivity contribution >= 4 is 10.8 Å². The topological polar surface area (TPSA) is 24.9 Å². The van der Waals surface area contributed by atoms with Gasteiger partial charge in [-0.25, -0.2) is 0 Å². The standard InChI is InChI=1S/C19H28N2/c1-4-12-20-18(14-15(5-2)6-3)19-17-10-8-7-9-16(17)11-13-21-19/h7-11,13,15,18,20H,4-6,12,14H2,1-3H3. The van der Waals surface area contributed by atoms with Crippen LogP contribution in [0.2, 0.25) is 0 Å². The summed E-state index contributed by atoms with van der Waals surface area (Å²) in [5.41, 5.74) is 1.22. The first-order chi connectivity index (χ1) is 10.3. The largest absolute Gasteiger partial charge is 0.309 e. The Bertz CT molecular complexity index is 541. The maximum atomic E-state index is 4.72. The van der Waals surface area contributed by atoms with E-state index in [0.29, 0.717) is 6.04 Å². The van der Waals surface area contributed by atoms with Crippen LogP contribution in [0.3, 0.4) is 0 Å². The van der Waals surface area contributed by atoms with Crippen molar-refractivity contribution in [2.75, 3.05) is 6.54 Å². The van der Waals surface area contributed by atoms with Crippen LogP contribution in [0, 0.1) is 5.92 Å². The summed E-state index contributed by atoms with van der Waals surface area (Å²) in [4.78, 5) is 4.72. The van der Waals surface area contributed by atoms with E-state index in [-0.39, 0.29) is 0 Å². The number of hydrogen-bond acceptors (Lipinski definition) is 2. The maximum absolute atomic E-state index is 4.72. The van der Waals surface area contributed by atoms with Gasteiger partial charge in [0.05, 0.1) is 11.7 Å². The summed E-state index contributed by atoms with van der Waals surface area (Å²) in [6.45, 7) is 7.86. The lowest BCUT2D eigenvalue weighted by Crippen LogP contribution is -2.25. The summed E-state index contributed by atoms with van der Waals surface area (Å²) in [5, 5.41) is 6.29. The summed E-state index contributed by atoms with van der Waals surface area (Å²) >= 11 is 0. The fourth-order valence-corrected chi connectivity index (χ4v) is 2.99. The lowest BCUT2D eigenvalue weighted by Gasteiger charge is -2.24. The van der Waals surface area contributed by atoms with Crippen molar-refractivity contribution in [2.45, 2.75) is 52.5 Å². The first kappa shape index (κ1) is 16.0. The Morgan fingerprint density at radius 3 is 2.52 bits per heavy atom. The molecule has 0 saturated heterocycles. The molecule has 2 rings (SSSR count). The Balaban J connectivity index is 2.33. The van der Waals surface area contributed by atoms with Crippen LogP contribution in [0.4, 0.5) is 0 Å². The molecule has 1 heterocycles. The molecule has 21 heavy (non-hydrogen) atoms. The SMILES string of the molecule is CCCNC(CC(CC)CC)c1nccc2ccccc12. The summed E-state index contributed by atoms with van der Waals surface area (Å²) in [6.07, 6.45) is 6.76. The molecule has 1 aromatic carbocycles. The zero-order valence-electron chi connectivity index (χ0n) is 13.6. The van der Waals surface area contributed by atoms with Gasteiger partial charge in [-0.15, -0.1) is 0 Å². The van der Waals surface area contributed by atoms with E-state index in [9.17, 15) is 0 Å². The number of fused-ring (bicyclic) bond motifs is 1. The van der Waals surface area contributed by atoms with Crippen molar-refractivity contribution in [3.63, 3.8) is 0 Å². The highest BCUT2D eigenvalue weighted by Crippen LogP contribution is 2.28. The van der Waals surface area contributed by atoms with Crippen molar-refractivity contribution in [3.05, 3.63) is 42.2 Å². The van der Waals surface area contributed by atoms with Gasteiger partial charge in [0.2, 0.25) is 0 Å². The van der Waals surface area contributed by atoms with Crippen LogP contribution in [0.5, 0.6) is 0 Å². The smallest absolute Gasteiger partial charge is 0.0651 e. The Morgan fingerprint density at radius 2 is 1.81 bits per heavy atom. The third-order valence-electron chi connectivity index (χ3n) is 4.40. The monoisotopic (exact) mass is 284 g/mol. The third kappa shape index (κ3) is 4.04. The van der Waals surface area contributed by atoms with E-state index in [1.807, 2.05) is 6.20 Å². The van der Waals surface area contributed by atoms with Crippen LogP contribution in [0.1, 0.15) is 58.2 Å². The van der Waals surface area contributed by atoms with Crippen molar-refractivity contribution in [1.29, 1.82) is 0 Å². The molecule has 0 amide bonds. The average Bonchev–Trinajstić information content (AvgIpc) is 2.55. The van der Waals surface area contributed by atoms with Gasteiger partial charge >= 0.3 is 0 Å². The van der Waals surface area contributed by atoms with E-state index < -0.39 is 0 Å². The molecular weight excluding hydrogens is 256 g/mol. The molecule has 1 aromatic heterocycles. The molecule has 0 saturated carbocycles. The van der Waals surface area contributed by atoms with Crippen LogP contribution in [0.25, 0.3) is 10.8 Å². The Labute approximate surface area is 129 Å². The number of aromatic nitrogens is 1. The second-order valence-corrected chi connectivity index (χ2v) is 5.84. The van der Waals surface area contributed by atoms with E-state index in [2.05, 4.69) is 56.4 Å². The minimum atomic E-state index is 0.362. The highest BCUT2D eigenvalue weighted by molar-refractivity contribution is 5.84. The van der Waals surface area contributed by atoms with Crippen LogP contribution in [0.15, 0.2) is 36.5 Å². The van der Waals surface area contributed by atoms with Gasteiger partial charge in [-0.2, -0.15) is 0 Å². The highest BCUT2D eigenvalue weighted by Gasteiger charge is 2.18. The van der Waals surface area contributed by atoms with E-state index in [1.54, 1.807) is 0 Å². The molecule has 2 heteroatoms. The molecule has 2 aromatic rings. The second-order valence-electron chi connectivity index (χ2n) is 5.84. The minimum absolute atomic E-state index is 0.362. The zero-order chi connectivity index (χ0) is 15.1. The number of rotatable bonds is 8. The third-order valence-corrected chi connectivity index (χ3v) is 4.40. The van der Waals surface area contributed by atoms with Gasteiger partial charge in [0.1, 0.15) is 0 Å². The van der Waals surface area contributed by atoms with E-state index >= 15 is 0 Å². The van der Waals surface area contributed by atoms with E-state index in [0.717, 1.165) is 18.9 Å². The average molecular weight is 284 g/mol. The number of pyridine rings is 1. The molecule has 0 aliphatic heterocycles. The van der Waals surface area contributed by atoms with Gasteiger partial charge in [-0.1, -0.05) is 57.9 Å². The molecular formula is C19H28N2. The Morgan fingerprint density at radius 1 is 1.05 bits per heavy atom. The predicted octanol–water partition coefficient (Wildman–Crippen LogP) is 5.10. The first-order valence-electron chi connectivity index (χ1n) is 8.37. The summed E-state index contributed by atoms with van der Waals surface area (Å²) in [6, 6.07) is 11.1. The highest BCUT2D eigenvalue weighted by atomic mass is 14.9. The second kappa shape index (κ2) is 8.14. The quantitative estimate of drug-likeness (QED) is 0.729. The zero-order valence-corrected chi connectivity index (χ0v) is 13.6. The molecule has 0 aliphatic carbocycles. The van der Waals surface area contributed by atoms with Crippen molar-refractivity contribution < 1.29 is 0 Å². The van der Waals surface area contributed by atoms with E-state index in [1.165, 1.54) is 35.7 Å². The molecule has 1 N–H and O–H groups in total. The van der Waals surface area contributed by atoms with Gasteiger partial charge in [-0.05, 0) is 36.8 Å². The number of hydrogen-bond donors (Lipinski definition) is 1. The lowest BCUT2D eigenvalue weighted by molar-refractivity contribution is 0.368. The summed E-state index contributed by atoms with van der Waals surface area (Å²) in [5.74, 6) is 0.764. The van der Waals surface area contributed by atoms with Gasteiger partial charge < -0.3 is 5.32 Å². The maximum Gasteiger partial charge on any atom is 0.0651 e. The first-order valence-corrected chi connectivity index (χ1v) is 8.37. The minimum Gasteiger partial charge on any atom is -0.309 e. The summed E-state index contributed by atoms with van der Waals surface area (Å²) in [7, 11) is 0. The van der Waals surface area contributed by atoms with Gasteiger partial charge in [-0.3, -0.25) is 4.98 Å². The van der Waals surface area contributed by atoms with Crippen LogP contribution in [-0.2, 0) is 0 Å². The van der Waals surface area contributed by atoms with Gasteiger partial charge in [0, 0.05) is 11.6 Å². The van der Waals surface area contributed by atoms with Crippen molar-refractivity contribution in [1.82, 2.24) is 10.3 Å². The molecule has 0 aliphatic rings. The molecule has 0 radical (unpaired) electrons. The molecule has 2 nitrogen and oxygen atoms in total. The Kier molecular flexibility index (Phi) is 6.19. The number of nitrogens with one attached hydrogen (secondary N) is 1. The number of benzene rings is 1. The van der Waals surface area contributed by atoms with Crippen molar-refractivity contribution in [3.8, 4) is 0 Å². The van der Waals surface area contributed by atoms with Crippen molar-refractivity contribution in [2.24, 2.45) is 5.92 Å². The van der Waals surface area contributed by atoms with Gasteiger partial charge in [0.25, 0.3) is 0 Å². The lowest BCUT2D eigenvalue weighted by atomic mass is 9.91. The fraction of sp³-hybridized carbons (Fsp3) is 0.526. The molecule has 0 bridgehead atoms.